The lowest BCUT2D eigenvalue weighted by molar-refractivity contribution is -0.149. The van der Waals surface area contributed by atoms with Gasteiger partial charge in [-0.15, -0.1) is 0 Å². The zero-order valence-electron chi connectivity index (χ0n) is 12.2. The van der Waals surface area contributed by atoms with Gasteiger partial charge in [0.15, 0.2) is 0 Å². The van der Waals surface area contributed by atoms with Crippen molar-refractivity contribution < 1.29 is 9.59 Å². The second-order valence-electron chi connectivity index (χ2n) is 5.92. The number of piperazine rings is 1. The minimum Gasteiger partial charge on any atom is -0.343 e. The Morgan fingerprint density at radius 3 is 2.74 bits per heavy atom. The summed E-state index contributed by atoms with van der Waals surface area (Å²) in [7, 11) is 2.12. The van der Waals surface area contributed by atoms with Gasteiger partial charge in [-0.3, -0.25) is 9.59 Å². The third-order valence-corrected chi connectivity index (χ3v) is 4.25. The van der Waals surface area contributed by atoms with Gasteiger partial charge < -0.3 is 15.1 Å². The summed E-state index contributed by atoms with van der Waals surface area (Å²) < 4.78 is 0. The van der Waals surface area contributed by atoms with E-state index in [4.69, 9.17) is 0 Å². The van der Waals surface area contributed by atoms with Crippen LogP contribution in [0.1, 0.15) is 33.1 Å². The lowest BCUT2D eigenvalue weighted by Crippen LogP contribution is -2.63. The van der Waals surface area contributed by atoms with Crippen molar-refractivity contribution in [1.82, 2.24) is 15.1 Å². The molecule has 2 heterocycles. The normalized spacial score (nSPS) is 33.4. The van der Waals surface area contributed by atoms with E-state index in [2.05, 4.69) is 17.3 Å². The summed E-state index contributed by atoms with van der Waals surface area (Å²) in [4.78, 5) is 28.4. The molecule has 2 fully saturated rings. The number of carbonyl (C=O) groups excluding carboxylic acids is 2. The van der Waals surface area contributed by atoms with Gasteiger partial charge >= 0.3 is 0 Å². The van der Waals surface area contributed by atoms with Crippen molar-refractivity contribution in [1.29, 1.82) is 0 Å². The monoisotopic (exact) mass is 267 g/mol. The first-order chi connectivity index (χ1) is 9.02. The topological polar surface area (TPSA) is 52.7 Å². The number of hydrogen-bond acceptors (Lipinski definition) is 3. The summed E-state index contributed by atoms with van der Waals surface area (Å²) in [5.74, 6) is 0.563. The van der Waals surface area contributed by atoms with Crippen molar-refractivity contribution in [2.45, 2.75) is 45.2 Å². The standard InChI is InChI=1S/C14H25N3O2/c1-4-12-13(18)15-10(2)14(19)17(12)9-11-6-5-7-16(3)8-11/h10-12H,4-9H2,1-3H3,(H,15,18). The van der Waals surface area contributed by atoms with Crippen LogP contribution in [0, 0.1) is 5.92 Å². The molecule has 5 nitrogen and oxygen atoms in total. The zero-order chi connectivity index (χ0) is 14.0. The highest BCUT2D eigenvalue weighted by Crippen LogP contribution is 2.21. The van der Waals surface area contributed by atoms with Crippen LogP contribution in [-0.2, 0) is 9.59 Å². The number of rotatable bonds is 3. The predicted molar refractivity (Wildman–Crippen MR) is 73.6 cm³/mol. The van der Waals surface area contributed by atoms with Gasteiger partial charge in [-0.1, -0.05) is 6.92 Å². The Morgan fingerprint density at radius 1 is 1.37 bits per heavy atom. The fourth-order valence-corrected chi connectivity index (χ4v) is 3.24. The van der Waals surface area contributed by atoms with Crippen LogP contribution in [-0.4, -0.2) is 60.4 Å². The lowest BCUT2D eigenvalue weighted by Gasteiger charge is -2.41. The average Bonchev–Trinajstić information content (AvgIpc) is 2.36. The summed E-state index contributed by atoms with van der Waals surface area (Å²) in [6.45, 7) is 6.62. The highest BCUT2D eigenvalue weighted by Gasteiger charge is 2.38. The highest BCUT2D eigenvalue weighted by molar-refractivity contribution is 5.96. The van der Waals surface area contributed by atoms with Crippen molar-refractivity contribution in [3.63, 3.8) is 0 Å². The Balaban J connectivity index is 2.05. The van der Waals surface area contributed by atoms with Gasteiger partial charge in [-0.25, -0.2) is 0 Å². The molecule has 5 heteroatoms. The van der Waals surface area contributed by atoms with E-state index in [0.717, 1.165) is 26.1 Å². The number of likely N-dealkylation sites (tertiary alicyclic amines) is 1. The van der Waals surface area contributed by atoms with Gasteiger partial charge in [0.05, 0.1) is 0 Å². The Labute approximate surface area is 115 Å². The first kappa shape index (κ1) is 14.3. The molecule has 3 unspecified atom stereocenters. The zero-order valence-corrected chi connectivity index (χ0v) is 12.2. The molecule has 0 bridgehead atoms. The minimum atomic E-state index is -0.378. The summed E-state index contributed by atoms with van der Waals surface area (Å²) in [6, 6.07) is -0.660. The quantitative estimate of drug-likeness (QED) is 0.808. The molecule has 2 aliphatic rings. The van der Waals surface area contributed by atoms with Crippen molar-refractivity contribution >= 4 is 11.8 Å². The third kappa shape index (κ3) is 3.08. The molecule has 2 amide bonds. The molecule has 1 N–H and O–H groups in total. The molecule has 19 heavy (non-hydrogen) atoms. The molecule has 0 saturated carbocycles. The largest absolute Gasteiger partial charge is 0.343 e. The maximum Gasteiger partial charge on any atom is 0.245 e. The van der Waals surface area contributed by atoms with E-state index in [1.54, 1.807) is 6.92 Å². The second-order valence-corrected chi connectivity index (χ2v) is 5.92. The summed E-state index contributed by atoms with van der Waals surface area (Å²) in [5, 5.41) is 2.77. The first-order valence-corrected chi connectivity index (χ1v) is 7.32. The van der Waals surface area contributed by atoms with Gasteiger partial charge in [-0.05, 0) is 45.7 Å². The molecule has 0 aromatic heterocycles. The second kappa shape index (κ2) is 5.90. The third-order valence-electron chi connectivity index (χ3n) is 4.25. The molecule has 2 saturated heterocycles. The molecule has 2 aliphatic heterocycles. The van der Waals surface area contributed by atoms with E-state index < -0.39 is 0 Å². The molecule has 0 radical (unpaired) electrons. The number of nitrogens with one attached hydrogen (secondary N) is 1. The number of piperidine rings is 1. The molecule has 3 atom stereocenters. The van der Waals surface area contributed by atoms with Gasteiger partial charge in [-0.2, -0.15) is 0 Å². The van der Waals surface area contributed by atoms with E-state index >= 15 is 0 Å². The fraction of sp³-hybridized carbons (Fsp3) is 0.857. The number of amides is 2. The van der Waals surface area contributed by atoms with Crippen LogP contribution in [0.2, 0.25) is 0 Å². The Morgan fingerprint density at radius 2 is 2.11 bits per heavy atom. The molecule has 0 aliphatic carbocycles. The molecule has 2 rings (SSSR count). The molecular weight excluding hydrogens is 242 g/mol. The van der Waals surface area contributed by atoms with Crippen LogP contribution in [0.4, 0.5) is 0 Å². The van der Waals surface area contributed by atoms with Crippen molar-refractivity contribution in [3.05, 3.63) is 0 Å². The van der Waals surface area contributed by atoms with E-state index in [0.29, 0.717) is 12.3 Å². The number of hydrogen-bond donors (Lipinski definition) is 1. The minimum absolute atomic E-state index is 0.00114. The molecule has 0 aromatic rings. The number of nitrogens with zero attached hydrogens (tertiary/aromatic N) is 2. The highest BCUT2D eigenvalue weighted by atomic mass is 16.2. The summed E-state index contributed by atoms with van der Waals surface area (Å²) >= 11 is 0. The van der Waals surface area contributed by atoms with Gasteiger partial charge in [0.25, 0.3) is 0 Å². The van der Waals surface area contributed by atoms with Gasteiger partial charge in [0, 0.05) is 13.1 Å². The van der Waals surface area contributed by atoms with E-state index in [1.807, 2.05) is 11.8 Å². The van der Waals surface area contributed by atoms with Crippen LogP contribution in [0.5, 0.6) is 0 Å². The fourth-order valence-electron chi connectivity index (χ4n) is 3.24. The average molecular weight is 267 g/mol. The SMILES string of the molecule is CCC1C(=O)NC(C)C(=O)N1CC1CCCN(C)C1. The molecule has 108 valence electrons. The van der Waals surface area contributed by atoms with Crippen LogP contribution in [0.3, 0.4) is 0 Å². The van der Waals surface area contributed by atoms with Crippen LogP contribution in [0.15, 0.2) is 0 Å². The van der Waals surface area contributed by atoms with Crippen molar-refractivity contribution in [2.24, 2.45) is 5.92 Å². The van der Waals surface area contributed by atoms with Crippen LogP contribution >= 0.6 is 0 Å². The molecular formula is C14H25N3O2. The lowest BCUT2D eigenvalue weighted by atomic mass is 9.95. The van der Waals surface area contributed by atoms with Crippen LogP contribution in [0.25, 0.3) is 0 Å². The maximum atomic E-state index is 12.3. The molecule has 0 spiro atoms. The van der Waals surface area contributed by atoms with Crippen molar-refractivity contribution in [2.75, 3.05) is 26.7 Å². The van der Waals surface area contributed by atoms with Crippen molar-refractivity contribution in [3.8, 4) is 0 Å². The smallest absolute Gasteiger partial charge is 0.245 e. The predicted octanol–water partition coefficient (Wildman–Crippen LogP) is 0.454. The Hall–Kier alpha value is -1.10. The molecule has 0 aromatic carbocycles. The van der Waals surface area contributed by atoms with Gasteiger partial charge in [0.2, 0.25) is 11.8 Å². The Bertz CT molecular complexity index is 359. The Kier molecular flexibility index (Phi) is 4.45. The summed E-state index contributed by atoms with van der Waals surface area (Å²) in [5.41, 5.74) is 0. The van der Waals surface area contributed by atoms with Gasteiger partial charge in [0.1, 0.15) is 12.1 Å². The van der Waals surface area contributed by atoms with E-state index in [1.165, 1.54) is 6.42 Å². The number of carbonyl (C=O) groups is 2. The van der Waals surface area contributed by atoms with E-state index in [-0.39, 0.29) is 23.9 Å². The first-order valence-electron chi connectivity index (χ1n) is 7.32. The van der Waals surface area contributed by atoms with Crippen LogP contribution < -0.4 is 5.32 Å². The van der Waals surface area contributed by atoms with E-state index in [9.17, 15) is 9.59 Å². The summed E-state index contributed by atoms with van der Waals surface area (Å²) in [6.07, 6.45) is 3.02. The maximum absolute atomic E-state index is 12.3.